The summed E-state index contributed by atoms with van der Waals surface area (Å²) in [6.45, 7) is 8.07. The highest BCUT2D eigenvalue weighted by Gasteiger charge is 2.02. The number of aromatic nitrogens is 3. The molecule has 2 aromatic rings. The van der Waals surface area contributed by atoms with Crippen LogP contribution >= 0.6 is 0 Å². The Morgan fingerprint density at radius 3 is 2.56 bits per heavy atom. The van der Waals surface area contributed by atoms with Crippen LogP contribution in [0.15, 0.2) is 24.7 Å². The molecule has 2 heterocycles. The lowest BCUT2D eigenvalue weighted by Gasteiger charge is -2.13. The largest absolute Gasteiger partial charge is 0.333 e. The standard InChI is InChI=1S/C12H18N4/c1-4-15-9-13-7-12(15)8-14-16-10(2)5-6-11(16)3/h5-7,9,14H,4,8H2,1-3H3. The van der Waals surface area contributed by atoms with E-state index < -0.39 is 0 Å². The van der Waals surface area contributed by atoms with Gasteiger partial charge in [0.25, 0.3) is 0 Å². The summed E-state index contributed by atoms with van der Waals surface area (Å²) >= 11 is 0. The Morgan fingerprint density at radius 2 is 1.94 bits per heavy atom. The fourth-order valence-corrected chi connectivity index (χ4v) is 1.86. The predicted octanol–water partition coefficient (Wildman–Crippen LogP) is 2.07. The van der Waals surface area contributed by atoms with Crippen LogP contribution in [-0.4, -0.2) is 14.2 Å². The van der Waals surface area contributed by atoms with Crippen LogP contribution in [0.5, 0.6) is 0 Å². The number of hydrogen-bond donors (Lipinski definition) is 1. The average molecular weight is 218 g/mol. The molecule has 0 spiro atoms. The molecule has 4 nitrogen and oxygen atoms in total. The summed E-state index contributed by atoms with van der Waals surface area (Å²) in [5.41, 5.74) is 7.04. The van der Waals surface area contributed by atoms with Gasteiger partial charge in [0.05, 0.1) is 18.6 Å². The Kier molecular flexibility index (Phi) is 2.99. The third-order valence-electron chi connectivity index (χ3n) is 2.83. The zero-order valence-corrected chi connectivity index (χ0v) is 10.1. The van der Waals surface area contributed by atoms with Crippen molar-refractivity contribution >= 4 is 0 Å². The van der Waals surface area contributed by atoms with Crippen LogP contribution in [0.3, 0.4) is 0 Å². The molecule has 0 saturated heterocycles. The first-order chi connectivity index (χ1) is 7.72. The molecule has 0 bridgehead atoms. The van der Waals surface area contributed by atoms with E-state index in [-0.39, 0.29) is 0 Å². The van der Waals surface area contributed by atoms with Gasteiger partial charge in [-0.25, -0.2) is 4.98 Å². The topological polar surface area (TPSA) is 34.8 Å². The van der Waals surface area contributed by atoms with Gasteiger partial charge in [-0.1, -0.05) is 0 Å². The summed E-state index contributed by atoms with van der Waals surface area (Å²) < 4.78 is 4.24. The van der Waals surface area contributed by atoms with Gasteiger partial charge in [0, 0.05) is 24.1 Å². The second-order valence-electron chi connectivity index (χ2n) is 3.96. The monoisotopic (exact) mass is 218 g/mol. The number of aryl methyl sites for hydroxylation is 3. The molecule has 0 aliphatic rings. The molecule has 86 valence electrons. The van der Waals surface area contributed by atoms with E-state index in [1.165, 1.54) is 17.1 Å². The van der Waals surface area contributed by atoms with Gasteiger partial charge >= 0.3 is 0 Å². The molecular formula is C12H18N4. The molecule has 2 aromatic heterocycles. The molecule has 0 fully saturated rings. The summed E-state index contributed by atoms with van der Waals surface area (Å²) in [6.07, 6.45) is 3.77. The highest BCUT2D eigenvalue weighted by molar-refractivity contribution is 5.16. The quantitative estimate of drug-likeness (QED) is 0.852. The smallest absolute Gasteiger partial charge is 0.0948 e. The summed E-state index contributed by atoms with van der Waals surface area (Å²) in [5.74, 6) is 0. The summed E-state index contributed by atoms with van der Waals surface area (Å²) in [5, 5.41) is 0. The van der Waals surface area contributed by atoms with Gasteiger partial charge in [-0.15, -0.1) is 0 Å². The average Bonchev–Trinajstić information content (AvgIpc) is 2.84. The van der Waals surface area contributed by atoms with E-state index in [0.29, 0.717) is 0 Å². The minimum absolute atomic E-state index is 0.796. The lowest BCUT2D eigenvalue weighted by molar-refractivity contribution is 0.691. The molecule has 16 heavy (non-hydrogen) atoms. The second-order valence-corrected chi connectivity index (χ2v) is 3.96. The third-order valence-corrected chi connectivity index (χ3v) is 2.83. The number of hydrogen-bond acceptors (Lipinski definition) is 2. The number of nitrogens with one attached hydrogen (secondary N) is 1. The molecule has 0 atom stereocenters. The zero-order valence-electron chi connectivity index (χ0n) is 10.1. The number of nitrogens with zero attached hydrogens (tertiary/aromatic N) is 3. The first-order valence-corrected chi connectivity index (χ1v) is 5.60. The Balaban J connectivity index is 2.08. The van der Waals surface area contributed by atoms with Crippen molar-refractivity contribution in [1.29, 1.82) is 0 Å². The Morgan fingerprint density at radius 1 is 1.25 bits per heavy atom. The summed E-state index contributed by atoms with van der Waals surface area (Å²) in [7, 11) is 0. The van der Waals surface area contributed by atoms with E-state index in [0.717, 1.165) is 13.1 Å². The molecule has 0 saturated carbocycles. The van der Waals surface area contributed by atoms with Crippen molar-refractivity contribution in [3.05, 3.63) is 41.7 Å². The molecular weight excluding hydrogens is 200 g/mol. The highest BCUT2D eigenvalue weighted by Crippen LogP contribution is 2.06. The SMILES string of the molecule is CCn1cncc1CNn1c(C)ccc1C. The molecule has 0 unspecified atom stereocenters. The van der Waals surface area contributed by atoms with E-state index in [9.17, 15) is 0 Å². The van der Waals surface area contributed by atoms with Crippen molar-refractivity contribution in [2.45, 2.75) is 33.9 Å². The lowest BCUT2D eigenvalue weighted by Crippen LogP contribution is -2.18. The van der Waals surface area contributed by atoms with Crippen LogP contribution in [0, 0.1) is 13.8 Å². The van der Waals surface area contributed by atoms with E-state index in [1.807, 2.05) is 12.5 Å². The summed E-state index contributed by atoms with van der Waals surface area (Å²) in [4.78, 5) is 4.15. The Bertz CT molecular complexity index is 448. The normalized spacial score (nSPS) is 10.7. The van der Waals surface area contributed by atoms with Gasteiger partial charge < -0.3 is 9.99 Å². The van der Waals surface area contributed by atoms with Crippen molar-refractivity contribution in [2.24, 2.45) is 0 Å². The van der Waals surface area contributed by atoms with Crippen LogP contribution in [0.4, 0.5) is 0 Å². The molecule has 0 aromatic carbocycles. The number of imidazole rings is 1. The van der Waals surface area contributed by atoms with Crippen molar-refractivity contribution < 1.29 is 0 Å². The predicted molar refractivity (Wildman–Crippen MR) is 64.9 cm³/mol. The fourth-order valence-electron chi connectivity index (χ4n) is 1.86. The molecule has 1 N–H and O–H groups in total. The van der Waals surface area contributed by atoms with Gasteiger partial charge in [0.1, 0.15) is 0 Å². The van der Waals surface area contributed by atoms with Gasteiger partial charge in [-0.05, 0) is 32.9 Å². The van der Waals surface area contributed by atoms with E-state index in [1.54, 1.807) is 0 Å². The lowest BCUT2D eigenvalue weighted by atomic mass is 10.4. The van der Waals surface area contributed by atoms with Crippen LogP contribution in [0.25, 0.3) is 0 Å². The van der Waals surface area contributed by atoms with Crippen LogP contribution in [0.2, 0.25) is 0 Å². The minimum atomic E-state index is 0.796. The highest BCUT2D eigenvalue weighted by atomic mass is 15.4. The molecule has 0 aliphatic carbocycles. The van der Waals surface area contributed by atoms with Gasteiger partial charge in [-0.3, -0.25) is 4.68 Å². The molecule has 0 aliphatic heterocycles. The van der Waals surface area contributed by atoms with Crippen LogP contribution in [-0.2, 0) is 13.1 Å². The van der Waals surface area contributed by atoms with Gasteiger partial charge in [-0.2, -0.15) is 0 Å². The van der Waals surface area contributed by atoms with E-state index >= 15 is 0 Å². The Hall–Kier alpha value is -1.71. The minimum Gasteiger partial charge on any atom is -0.333 e. The van der Waals surface area contributed by atoms with Crippen molar-refractivity contribution in [1.82, 2.24) is 14.2 Å². The zero-order chi connectivity index (χ0) is 11.5. The molecule has 4 heteroatoms. The van der Waals surface area contributed by atoms with E-state index in [4.69, 9.17) is 0 Å². The first-order valence-electron chi connectivity index (χ1n) is 5.60. The fraction of sp³-hybridized carbons (Fsp3) is 0.417. The maximum Gasteiger partial charge on any atom is 0.0948 e. The maximum absolute atomic E-state index is 4.15. The second kappa shape index (κ2) is 4.43. The third kappa shape index (κ3) is 1.96. The Labute approximate surface area is 95.9 Å². The first kappa shape index (κ1) is 10.8. The molecule has 0 radical (unpaired) electrons. The van der Waals surface area contributed by atoms with E-state index in [2.05, 4.69) is 52.6 Å². The van der Waals surface area contributed by atoms with Crippen LogP contribution < -0.4 is 5.43 Å². The van der Waals surface area contributed by atoms with Crippen molar-refractivity contribution in [2.75, 3.05) is 5.43 Å². The molecule has 2 rings (SSSR count). The summed E-state index contributed by atoms with van der Waals surface area (Å²) in [6, 6.07) is 4.22. The maximum atomic E-state index is 4.15. The van der Waals surface area contributed by atoms with Crippen LogP contribution in [0.1, 0.15) is 24.0 Å². The van der Waals surface area contributed by atoms with Crippen molar-refractivity contribution in [3.63, 3.8) is 0 Å². The van der Waals surface area contributed by atoms with Crippen molar-refractivity contribution in [3.8, 4) is 0 Å². The van der Waals surface area contributed by atoms with Gasteiger partial charge in [0.2, 0.25) is 0 Å². The number of rotatable bonds is 4. The van der Waals surface area contributed by atoms with Gasteiger partial charge in [0.15, 0.2) is 0 Å². The molecule has 0 amide bonds.